The number of rotatable bonds is 8. The topological polar surface area (TPSA) is 114 Å². The molecule has 0 aliphatic heterocycles. The number of alkyl carbamates (subject to hydrolysis) is 1. The van der Waals surface area contributed by atoms with E-state index in [1.165, 1.54) is 0 Å². The van der Waals surface area contributed by atoms with E-state index >= 15 is 0 Å². The molecule has 2 aromatic rings. The molecule has 8 nitrogen and oxygen atoms in total. The molecule has 0 radical (unpaired) electrons. The molecule has 0 unspecified atom stereocenters. The van der Waals surface area contributed by atoms with Gasteiger partial charge in [0.25, 0.3) is 0 Å². The summed E-state index contributed by atoms with van der Waals surface area (Å²) in [6.45, 7) is 8.08. The maximum Gasteiger partial charge on any atom is 0.407 e. The molecule has 8 heteroatoms. The smallest absolute Gasteiger partial charge is 0.407 e. The molecular weight excluding hydrogens is 448 g/mol. The standard InChI is InChI=1S/C27H34N2O6/c1-16(2)23(24(31)28-22(14-30)25(32)35-27(3,4)5)29-26(33)34-15-21-19-12-8-6-10-17(19)18-11-7-9-13-20(18)21/h6-13,16,21-23,30H,14-15H2,1-5H3,(H,28,31)(H,29,33)/t22-,23-/m0/s1. The highest BCUT2D eigenvalue weighted by Crippen LogP contribution is 2.44. The predicted octanol–water partition coefficient (Wildman–Crippen LogP) is 3.37. The lowest BCUT2D eigenvalue weighted by Gasteiger charge is -2.26. The number of aliphatic hydroxyl groups excluding tert-OH is 1. The van der Waals surface area contributed by atoms with Gasteiger partial charge < -0.3 is 25.2 Å². The van der Waals surface area contributed by atoms with Gasteiger partial charge in [-0.3, -0.25) is 4.79 Å². The van der Waals surface area contributed by atoms with Gasteiger partial charge in [0.2, 0.25) is 5.91 Å². The SMILES string of the molecule is CC(C)[C@H](NC(=O)OCC1c2ccccc2-c2ccccc21)C(=O)N[C@@H](CO)C(=O)OC(C)(C)C. The highest BCUT2D eigenvalue weighted by molar-refractivity contribution is 5.90. The monoisotopic (exact) mass is 482 g/mol. The van der Waals surface area contributed by atoms with E-state index < -0.39 is 42.3 Å². The first-order valence-electron chi connectivity index (χ1n) is 11.8. The fraction of sp³-hybridized carbons (Fsp3) is 0.444. The average molecular weight is 483 g/mol. The van der Waals surface area contributed by atoms with E-state index in [-0.39, 0.29) is 18.4 Å². The Morgan fingerprint density at radius 2 is 1.49 bits per heavy atom. The molecule has 0 saturated carbocycles. The highest BCUT2D eigenvalue weighted by Gasteiger charge is 2.32. The first-order chi connectivity index (χ1) is 16.5. The second-order valence-electron chi connectivity index (χ2n) is 9.97. The summed E-state index contributed by atoms with van der Waals surface area (Å²) in [5, 5.41) is 14.6. The van der Waals surface area contributed by atoms with Crippen molar-refractivity contribution in [2.75, 3.05) is 13.2 Å². The van der Waals surface area contributed by atoms with Gasteiger partial charge in [-0.1, -0.05) is 62.4 Å². The zero-order valence-electron chi connectivity index (χ0n) is 20.8. The molecule has 2 aromatic carbocycles. The summed E-state index contributed by atoms with van der Waals surface area (Å²) in [4.78, 5) is 37.8. The van der Waals surface area contributed by atoms with E-state index in [9.17, 15) is 19.5 Å². The molecule has 0 heterocycles. The molecule has 188 valence electrons. The Balaban J connectivity index is 1.63. The average Bonchev–Trinajstić information content (AvgIpc) is 3.11. The van der Waals surface area contributed by atoms with Gasteiger partial charge in [-0.2, -0.15) is 0 Å². The normalized spacial score (nSPS) is 14.5. The van der Waals surface area contributed by atoms with Crippen molar-refractivity contribution in [1.82, 2.24) is 10.6 Å². The van der Waals surface area contributed by atoms with Crippen molar-refractivity contribution in [2.24, 2.45) is 5.92 Å². The molecule has 2 amide bonds. The maximum atomic E-state index is 12.8. The number of fused-ring (bicyclic) bond motifs is 3. The second-order valence-corrected chi connectivity index (χ2v) is 9.97. The fourth-order valence-corrected chi connectivity index (χ4v) is 4.12. The second kappa shape index (κ2) is 10.9. The summed E-state index contributed by atoms with van der Waals surface area (Å²) >= 11 is 0. The molecule has 35 heavy (non-hydrogen) atoms. The van der Waals surface area contributed by atoms with Crippen LogP contribution in [0.5, 0.6) is 0 Å². The molecule has 0 saturated heterocycles. The summed E-state index contributed by atoms with van der Waals surface area (Å²) < 4.78 is 10.8. The number of hydrogen-bond acceptors (Lipinski definition) is 6. The summed E-state index contributed by atoms with van der Waals surface area (Å²) in [6.07, 6.45) is -0.737. The molecule has 0 aromatic heterocycles. The van der Waals surface area contributed by atoms with E-state index in [2.05, 4.69) is 22.8 Å². The molecule has 3 rings (SSSR count). The summed E-state index contributed by atoms with van der Waals surface area (Å²) in [7, 11) is 0. The van der Waals surface area contributed by atoms with Crippen LogP contribution in [-0.2, 0) is 19.1 Å². The van der Waals surface area contributed by atoms with Crippen LogP contribution in [0.1, 0.15) is 51.7 Å². The van der Waals surface area contributed by atoms with Crippen LogP contribution < -0.4 is 10.6 Å². The largest absolute Gasteiger partial charge is 0.458 e. The zero-order chi connectivity index (χ0) is 25.8. The lowest BCUT2D eigenvalue weighted by molar-refractivity contribution is -0.160. The molecular formula is C27H34N2O6. The number of amides is 2. The zero-order valence-corrected chi connectivity index (χ0v) is 20.8. The number of aliphatic hydroxyl groups is 1. The number of hydrogen-bond donors (Lipinski definition) is 3. The van der Waals surface area contributed by atoms with Gasteiger partial charge in [-0.25, -0.2) is 9.59 Å². The third kappa shape index (κ3) is 6.39. The van der Waals surface area contributed by atoms with Crippen molar-refractivity contribution in [3.63, 3.8) is 0 Å². The minimum atomic E-state index is -1.24. The molecule has 0 bridgehead atoms. The van der Waals surface area contributed by atoms with E-state index in [0.29, 0.717) is 0 Å². The Morgan fingerprint density at radius 1 is 0.943 bits per heavy atom. The Hall–Kier alpha value is -3.39. The first-order valence-corrected chi connectivity index (χ1v) is 11.8. The van der Waals surface area contributed by atoms with Gasteiger partial charge in [-0.05, 0) is 48.9 Å². The molecule has 1 aliphatic rings. The number of carbonyl (C=O) groups is 3. The third-order valence-corrected chi connectivity index (χ3v) is 5.76. The van der Waals surface area contributed by atoms with Crippen LogP contribution in [0.2, 0.25) is 0 Å². The van der Waals surface area contributed by atoms with Crippen molar-refractivity contribution < 1.29 is 29.0 Å². The van der Waals surface area contributed by atoms with Gasteiger partial charge in [0.1, 0.15) is 18.2 Å². The lowest BCUT2D eigenvalue weighted by atomic mass is 9.98. The van der Waals surface area contributed by atoms with Gasteiger partial charge in [0.05, 0.1) is 6.61 Å². The van der Waals surface area contributed by atoms with Gasteiger partial charge in [0.15, 0.2) is 6.04 Å². The lowest BCUT2D eigenvalue weighted by Crippen LogP contribution is -2.55. The predicted molar refractivity (Wildman–Crippen MR) is 132 cm³/mol. The maximum absolute atomic E-state index is 12.8. The highest BCUT2D eigenvalue weighted by atomic mass is 16.6. The number of ether oxygens (including phenoxy) is 2. The van der Waals surface area contributed by atoms with Crippen molar-refractivity contribution in [1.29, 1.82) is 0 Å². The van der Waals surface area contributed by atoms with Gasteiger partial charge >= 0.3 is 12.1 Å². The minimum Gasteiger partial charge on any atom is -0.458 e. The summed E-state index contributed by atoms with van der Waals surface area (Å²) in [6, 6.07) is 13.8. The fourth-order valence-electron chi connectivity index (χ4n) is 4.12. The molecule has 1 aliphatic carbocycles. The van der Waals surface area contributed by atoms with Crippen LogP contribution in [0.15, 0.2) is 48.5 Å². The summed E-state index contributed by atoms with van der Waals surface area (Å²) in [5.41, 5.74) is 3.64. The van der Waals surface area contributed by atoms with Crippen molar-refractivity contribution >= 4 is 18.0 Å². The Labute approximate surface area is 206 Å². The van der Waals surface area contributed by atoms with Crippen LogP contribution in [0.3, 0.4) is 0 Å². The molecule has 0 fully saturated rings. The summed E-state index contributed by atoms with van der Waals surface area (Å²) in [5.74, 6) is -1.77. The molecule has 3 N–H and O–H groups in total. The van der Waals surface area contributed by atoms with Crippen LogP contribution >= 0.6 is 0 Å². The van der Waals surface area contributed by atoms with E-state index in [4.69, 9.17) is 9.47 Å². The molecule has 2 atom stereocenters. The van der Waals surface area contributed by atoms with E-state index in [1.807, 2.05) is 36.4 Å². The molecule has 0 spiro atoms. The van der Waals surface area contributed by atoms with Crippen molar-refractivity contribution in [2.45, 2.75) is 58.2 Å². The van der Waals surface area contributed by atoms with Crippen LogP contribution in [-0.4, -0.2) is 54.0 Å². The van der Waals surface area contributed by atoms with Crippen molar-refractivity contribution in [3.05, 3.63) is 59.7 Å². The van der Waals surface area contributed by atoms with Crippen molar-refractivity contribution in [3.8, 4) is 11.1 Å². The number of benzene rings is 2. The van der Waals surface area contributed by atoms with Gasteiger partial charge in [0, 0.05) is 5.92 Å². The number of nitrogens with one attached hydrogen (secondary N) is 2. The Bertz CT molecular complexity index is 1030. The minimum absolute atomic E-state index is 0.106. The van der Waals surface area contributed by atoms with Crippen LogP contribution in [0.25, 0.3) is 11.1 Å². The number of esters is 1. The first kappa shape index (κ1) is 26.2. The quantitative estimate of drug-likeness (QED) is 0.497. The van der Waals surface area contributed by atoms with Gasteiger partial charge in [-0.15, -0.1) is 0 Å². The van der Waals surface area contributed by atoms with E-state index in [0.717, 1.165) is 22.3 Å². The van der Waals surface area contributed by atoms with Crippen LogP contribution in [0, 0.1) is 5.92 Å². The van der Waals surface area contributed by atoms with E-state index in [1.54, 1.807) is 34.6 Å². The Kier molecular flexibility index (Phi) is 8.17. The number of carbonyl (C=O) groups excluding carboxylic acids is 3. The third-order valence-electron chi connectivity index (χ3n) is 5.76. The van der Waals surface area contributed by atoms with Crippen LogP contribution in [0.4, 0.5) is 4.79 Å². The Morgan fingerprint density at radius 3 is 1.97 bits per heavy atom.